The number of thiophene rings is 1. The molecule has 2 heterocycles. The van der Waals surface area contributed by atoms with Gasteiger partial charge in [-0.25, -0.2) is 0 Å². The molecule has 1 saturated heterocycles. The van der Waals surface area contributed by atoms with Crippen LogP contribution in [0.4, 0.5) is 5.69 Å². The zero-order chi connectivity index (χ0) is 15.4. The van der Waals surface area contributed by atoms with Crippen molar-refractivity contribution in [3.63, 3.8) is 0 Å². The first-order valence-electron chi connectivity index (χ1n) is 7.47. The SMILES string of the molecule is Cc1ccsc1C(=O)Nc1ccc(CN2CCOCC2)cc1. The van der Waals surface area contributed by atoms with E-state index in [-0.39, 0.29) is 5.91 Å². The number of amides is 1. The first kappa shape index (κ1) is 15.2. The van der Waals surface area contributed by atoms with Crippen LogP contribution in [0.5, 0.6) is 0 Å². The summed E-state index contributed by atoms with van der Waals surface area (Å²) in [5, 5.41) is 4.89. The van der Waals surface area contributed by atoms with Gasteiger partial charge in [-0.2, -0.15) is 0 Å². The molecule has 0 radical (unpaired) electrons. The smallest absolute Gasteiger partial charge is 0.265 e. The monoisotopic (exact) mass is 316 g/mol. The Morgan fingerprint density at radius 1 is 1.23 bits per heavy atom. The maximum Gasteiger partial charge on any atom is 0.265 e. The maximum absolute atomic E-state index is 12.2. The van der Waals surface area contributed by atoms with Crippen molar-refractivity contribution < 1.29 is 9.53 Å². The van der Waals surface area contributed by atoms with Gasteiger partial charge in [-0.3, -0.25) is 9.69 Å². The van der Waals surface area contributed by atoms with E-state index in [1.165, 1.54) is 16.9 Å². The van der Waals surface area contributed by atoms with E-state index in [0.717, 1.165) is 49.0 Å². The van der Waals surface area contributed by atoms with E-state index in [1.807, 2.05) is 30.5 Å². The number of morpholine rings is 1. The van der Waals surface area contributed by atoms with Crippen LogP contribution in [0.1, 0.15) is 20.8 Å². The van der Waals surface area contributed by atoms with Crippen LogP contribution in [-0.2, 0) is 11.3 Å². The molecule has 1 N–H and O–H groups in total. The number of ether oxygens (including phenoxy) is 1. The van der Waals surface area contributed by atoms with E-state index in [1.54, 1.807) is 0 Å². The highest BCUT2D eigenvalue weighted by Gasteiger charge is 2.12. The topological polar surface area (TPSA) is 41.6 Å². The number of nitrogens with zero attached hydrogens (tertiary/aromatic N) is 1. The summed E-state index contributed by atoms with van der Waals surface area (Å²) >= 11 is 1.47. The van der Waals surface area contributed by atoms with Gasteiger partial charge < -0.3 is 10.1 Å². The summed E-state index contributed by atoms with van der Waals surface area (Å²) in [5.74, 6) is -0.0339. The van der Waals surface area contributed by atoms with Crippen LogP contribution in [0.15, 0.2) is 35.7 Å². The third-order valence-electron chi connectivity index (χ3n) is 3.79. The van der Waals surface area contributed by atoms with E-state index in [4.69, 9.17) is 4.74 Å². The van der Waals surface area contributed by atoms with Crippen molar-refractivity contribution in [3.8, 4) is 0 Å². The molecular formula is C17H20N2O2S. The van der Waals surface area contributed by atoms with Crippen molar-refractivity contribution in [1.29, 1.82) is 0 Å². The quantitative estimate of drug-likeness (QED) is 0.942. The van der Waals surface area contributed by atoms with Gasteiger partial charge in [-0.1, -0.05) is 12.1 Å². The van der Waals surface area contributed by atoms with Gasteiger partial charge in [-0.15, -0.1) is 11.3 Å². The molecule has 1 aromatic heterocycles. The number of carbonyl (C=O) groups excluding carboxylic acids is 1. The summed E-state index contributed by atoms with van der Waals surface area (Å²) in [7, 11) is 0. The molecule has 2 aromatic rings. The zero-order valence-electron chi connectivity index (χ0n) is 12.7. The molecule has 0 atom stereocenters. The fourth-order valence-electron chi connectivity index (χ4n) is 2.50. The Labute approximate surface area is 134 Å². The minimum absolute atomic E-state index is 0.0339. The lowest BCUT2D eigenvalue weighted by Crippen LogP contribution is -2.35. The molecular weight excluding hydrogens is 296 g/mol. The normalized spacial score (nSPS) is 15.7. The molecule has 5 heteroatoms. The average Bonchev–Trinajstić information content (AvgIpc) is 2.96. The van der Waals surface area contributed by atoms with Crippen molar-refractivity contribution in [1.82, 2.24) is 4.90 Å². The summed E-state index contributed by atoms with van der Waals surface area (Å²) in [6.07, 6.45) is 0. The summed E-state index contributed by atoms with van der Waals surface area (Å²) in [4.78, 5) is 15.3. The molecule has 116 valence electrons. The highest BCUT2D eigenvalue weighted by molar-refractivity contribution is 7.12. The van der Waals surface area contributed by atoms with Gasteiger partial charge in [0.25, 0.3) is 5.91 Å². The molecule has 1 fully saturated rings. The fourth-order valence-corrected chi connectivity index (χ4v) is 3.32. The summed E-state index contributed by atoms with van der Waals surface area (Å²) in [6.45, 7) is 6.48. The molecule has 1 aliphatic rings. The molecule has 22 heavy (non-hydrogen) atoms. The molecule has 0 bridgehead atoms. The number of hydrogen-bond donors (Lipinski definition) is 1. The zero-order valence-corrected chi connectivity index (χ0v) is 13.5. The van der Waals surface area contributed by atoms with Gasteiger partial charge >= 0.3 is 0 Å². The van der Waals surface area contributed by atoms with E-state index >= 15 is 0 Å². The Kier molecular flexibility index (Phi) is 4.87. The second kappa shape index (κ2) is 7.05. The Hall–Kier alpha value is -1.69. The minimum Gasteiger partial charge on any atom is -0.379 e. The lowest BCUT2D eigenvalue weighted by molar-refractivity contribution is 0.0342. The summed E-state index contributed by atoms with van der Waals surface area (Å²) < 4.78 is 5.36. The van der Waals surface area contributed by atoms with Crippen LogP contribution in [0, 0.1) is 6.92 Å². The Bertz CT molecular complexity index is 630. The molecule has 0 spiro atoms. The van der Waals surface area contributed by atoms with Crippen LogP contribution >= 0.6 is 11.3 Å². The van der Waals surface area contributed by atoms with Gasteiger partial charge in [0.15, 0.2) is 0 Å². The van der Waals surface area contributed by atoms with Crippen molar-refractivity contribution >= 4 is 22.9 Å². The summed E-state index contributed by atoms with van der Waals surface area (Å²) in [5.41, 5.74) is 3.11. The second-order valence-corrected chi connectivity index (χ2v) is 6.39. The number of hydrogen-bond acceptors (Lipinski definition) is 4. The molecule has 0 saturated carbocycles. The van der Waals surface area contributed by atoms with Gasteiger partial charge in [0.2, 0.25) is 0 Å². The number of nitrogens with one attached hydrogen (secondary N) is 1. The predicted octanol–water partition coefficient (Wildman–Crippen LogP) is 3.14. The van der Waals surface area contributed by atoms with E-state index in [2.05, 4.69) is 22.3 Å². The standard InChI is InChI=1S/C17H20N2O2S/c1-13-6-11-22-16(13)17(20)18-15-4-2-14(3-5-15)12-19-7-9-21-10-8-19/h2-6,11H,7-10,12H2,1H3,(H,18,20). The Morgan fingerprint density at radius 3 is 2.59 bits per heavy atom. The van der Waals surface area contributed by atoms with Crippen LogP contribution < -0.4 is 5.32 Å². The lowest BCUT2D eigenvalue weighted by Gasteiger charge is -2.26. The number of aryl methyl sites for hydroxylation is 1. The first-order valence-corrected chi connectivity index (χ1v) is 8.35. The van der Waals surface area contributed by atoms with Crippen LogP contribution in [0.2, 0.25) is 0 Å². The third-order valence-corrected chi connectivity index (χ3v) is 4.81. The molecule has 1 aromatic carbocycles. The molecule has 0 aliphatic carbocycles. The molecule has 3 rings (SSSR count). The molecule has 0 unspecified atom stereocenters. The van der Waals surface area contributed by atoms with E-state index < -0.39 is 0 Å². The van der Waals surface area contributed by atoms with Crippen LogP contribution in [0.3, 0.4) is 0 Å². The lowest BCUT2D eigenvalue weighted by atomic mass is 10.2. The second-order valence-electron chi connectivity index (χ2n) is 5.47. The van der Waals surface area contributed by atoms with Gasteiger partial charge in [-0.05, 0) is 41.6 Å². The Balaban J connectivity index is 1.59. The number of rotatable bonds is 4. The van der Waals surface area contributed by atoms with Crippen molar-refractivity contribution in [2.24, 2.45) is 0 Å². The first-order chi connectivity index (χ1) is 10.7. The maximum atomic E-state index is 12.2. The fraction of sp³-hybridized carbons (Fsp3) is 0.353. The van der Waals surface area contributed by atoms with Gasteiger partial charge in [0, 0.05) is 25.3 Å². The third kappa shape index (κ3) is 3.74. The average molecular weight is 316 g/mol. The van der Waals surface area contributed by atoms with Gasteiger partial charge in [0.05, 0.1) is 18.1 Å². The largest absolute Gasteiger partial charge is 0.379 e. The number of benzene rings is 1. The molecule has 1 aliphatic heterocycles. The van der Waals surface area contributed by atoms with E-state index in [9.17, 15) is 4.79 Å². The van der Waals surface area contributed by atoms with Crippen molar-refractivity contribution in [2.45, 2.75) is 13.5 Å². The van der Waals surface area contributed by atoms with Crippen molar-refractivity contribution in [2.75, 3.05) is 31.6 Å². The predicted molar refractivity (Wildman–Crippen MR) is 89.5 cm³/mol. The van der Waals surface area contributed by atoms with Gasteiger partial charge in [0.1, 0.15) is 0 Å². The summed E-state index contributed by atoms with van der Waals surface area (Å²) in [6, 6.07) is 10.1. The molecule has 4 nitrogen and oxygen atoms in total. The highest BCUT2D eigenvalue weighted by atomic mass is 32.1. The van der Waals surface area contributed by atoms with E-state index in [0.29, 0.717) is 0 Å². The minimum atomic E-state index is -0.0339. The molecule has 1 amide bonds. The number of carbonyl (C=O) groups is 1. The van der Waals surface area contributed by atoms with Crippen molar-refractivity contribution in [3.05, 3.63) is 51.7 Å². The van der Waals surface area contributed by atoms with Crippen LogP contribution in [0.25, 0.3) is 0 Å². The van der Waals surface area contributed by atoms with Crippen LogP contribution in [-0.4, -0.2) is 37.1 Å². The highest BCUT2D eigenvalue weighted by Crippen LogP contribution is 2.18. The Morgan fingerprint density at radius 2 is 1.95 bits per heavy atom. The number of anilines is 1.